The summed E-state index contributed by atoms with van der Waals surface area (Å²) in [5, 5.41) is 15.4. The van der Waals surface area contributed by atoms with Crippen LogP contribution >= 0.6 is 11.3 Å². The SMILES string of the molecule is Cc1cc(C)c(NC(=O)c2ccsc2)c(C(=O)O)c1. The number of amides is 1. The van der Waals surface area contributed by atoms with Crippen LogP contribution in [0.4, 0.5) is 5.69 Å². The molecule has 0 radical (unpaired) electrons. The maximum Gasteiger partial charge on any atom is 0.337 e. The van der Waals surface area contributed by atoms with Crippen molar-refractivity contribution >= 4 is 28.9 Å². The van der Waals surface area contributed by atoms with Crippen LogP contribution in [0.25, 0.3) is 0 Å². The van der Waals surface area contributed by atoms with Crippen molar-refractivity contribution in [1.29, 1.82) is 0 Å². The zero-order valence-electron chi connectivity index (χ0n) is 10.6. The summed E-state index contributed by atoms with van der Waals surface area (Å²) in [5.74, 6) is -1.34. The fraction of sp³-hybridized carbons (Fsp3) is 0.143. The molecule has 19 heavy (non-hydrogen) atoms. The molecule has 0 bridgehead atoms. The van der Waals surface area contributed by atoms with E-state index < -0.39 is 5.97 Å². The van der Waals surface area contributed by atoms with Crippen LogP contribution in [-0.2, 0) is 0 Å². The van der Waals surface area contributed by atoms with E-state index in [4.69, 9.17) is 0 Å². The molecule has 0 aliphatic carbocycles. The molecule has 0 saturated carbocycles. The van der Waals surface area contributed by atoms with Gasteiger partial charge in [-0.3, -0.25) is 4.79 Å². The van der Waals surface area contributed by atoms with Crippen LogP contribution in [0.1, 0.15) is 31.8 Å². The van der Waals surface area contributed by atoms with Gasteiger partial charge in [0.15, 0.2) is 0 Å². The predicted octanol–water partition coefficient (Wildman–Crippen LogP) is 3.32. The molecule has 1 heterocycles. The molecule has 0 aliphatic rings. The van der Waals surface area contributed by atoms with E-state index in [1.54, 1.807) is 29.8 Å². The summed E-state index contributed by atoms with van der Waals surface area (Å²) in [6.07, 6.45) is 0. The highest BCUT2D eigenvalue weighted by Gasteiger charge is 2.16. The molecule has 0 unspecified atom stereocenters. The number of carbonyl (C=O) groups is 2. The van der Waals surface area contributed by atoms with Crippen molar-refractivity contribution in [3.05, 3.63) is 51.2 Å². The quantitative estimate of drug-likeness (QED) is 0.903. The second kappa shape index (κ2) is 5.24. The molecule has 0 saturated heterocycles. The van der Waals surface area contributed by atoms with E-state index in [0.717, 1.165) is 11.1 Å². The first-order valence-corrected chi connectivity index (χ1v) is 6.61. The number of hydrogen-bond acceptors (Lipinski definition) is 3. The topological polar surface area (TPSA) is 66.4 Å². The van der Waals surface area contributed by atoms with Crippen molar-refractivity contribution in [3.8, 4) is 0 Å². The third kappa shape index (κ3) is 2.82. The Hall–Kier alpha value is -2.14. The van der Waals surface area contributed by atoms with Crippen LogP contribution in [-0.4, -0.2) is 17.0 Å². The first-order valence-electron chi connectivity index (χ1n) is 5.67. The number of thiophene rings is 1. The van der Waals surface area contributed by atoms with E-state index in [2.05, 4.69) is 5.32 Å². The minimum Gasteiger partial charge on any atom is -0.478 e. The fourth-order valence-corrected chi connectivity index (χ4v) is 2.52. The molecule has 0 atom stereocenters. The molecule has 5 heteroatoms. The first-order chi connectivity index (χ1) is 8.99. The lowest BCUT2D eigenvalue weighted by Crippen LogP contribution is -2.15. The molecule has 1 amide bonds. The smallest absolute Gasteiger partial charge is 0.337 e. The van der Waals surface area contributed by atoms with E-state index in [9.17, 15) is 14.7 Å². The van der Waals surface area contributed by atoms with Crippen LogP contribution in [0, 0.1) is 13.8 Å². The third-order valence-electron chi connectivity index (χ3n) is 2.73. The number of benzene rings is 1. The number of rotatable bonds is 3. The lowest BCUT2D eigenvalue weighted by Gasteiger charge is -2.12. The Morgan fingerprint density at radius 1 is 1.26 bits per heavy atom. The summed E-state index contributed by atoms with van der Waals surface area (Å²) in [6, 6.07) is 5.10. The Bertz CT molecular complexity index is 632. The van der Waals surface area contributed by atoms with E-state index >= 15 is 0 Å². The minimum absolute atomic E-state index is 0.112. The molecule has 2 aromatic rings. The van der Waals surface area contributed by atoms with Crippen LogP contribution in [0.3, 0.4) is 0 Å². The molecule has 0 fully saturated rings. The molecule has 4 nitrogen and oxygen atoms in total. The zero-order chi connectivity index (χ0) is 14.0. The van der Waals surface area contributed by atoms with Crippen molar-refractivity contribution in [2.45, 2.75) is 13.8 Å². The highest BCUT2D eigenvalue weighted by Crippen LogP contribution is 2.24. The van der Waals surface area contributed by atoms with Gasteiger partial charge in [-0.1, -0.05) is 6.07 Å². The molecule has 0 spiro atoms. The lowest BCUT2D eigenvalue weighted by atomic mass is 10.0. The van der Waals surface area contributed by atoms with Gasteiger partial charge in [0.2, 0.25) is 0 Å². The standard InChI is InChI=1S/C14H13NO3S/c1-8-5-9(2)12(11(6-8)14(17)18)15-13(16)10-3-4-19-7-10/h3-7H,1-2H3,(H,15,16)(H,17,18). The van der Waals surface area contributed by atoms with Gasteiger partial charge < -0.3 is 10.4 Å². The molecule has 0 aliphatic heterocycles. The monoisotopic (exact) mass is 275 g/mol. The second-order valence-corrected chi connectivity index (χ2v) is 5.06. The van der Waals surface area contributed by atoms with Crippen molar-refractivity contribution in [2.75, 3.05) is 5.32 Å². The average molecular weight is 275 g/mol. The number of carboxylic acid groups (broad SMARTS) is 1. The number of aromatic carboxylic acids is 1. The average Bonchev–Trinajstić information content (AvgIpc) is 2.85. The van der Waals surface area contributed by atoms with E-state index in [1.165, 1.54) is 11.3 Å². The number of hydrogen-bond donors (Lipinski definition) is 2. The highest BCUT2D eigenvalue weighted by atomic mass is 32.1. The number of anilines is 1. The van der Waals surface area contributed by atoms with Crippen molar-refractivity contribution < 1.29 is 14.7 Å². The molecule has 1 aromatic heterocycles. The minimum atomic E-state index is -1.05. The first kappa shape index (κ1) is 13.3. The molecule has 2 N–H and O–H groups in total. The fourth-order valence-electron chi connectivity index (χ4n) is 1.88. The van der Waals surface area contributed by atoms with Crippen LogP contribution in [0.5, 0.6) is 0 Å². The van der Waals surface area contributed by atoms with Gasteiger partial charge in [-0.05, 0) is 42.5 Å². The van der Waals surface area contributed by atoms with Gasteiger partial charge in [0.05, 0.1) is 16.8 Å². The number of aryl methyl sites for hydroxylation is 2. The van der Waals surface area contributed by atoms with Gasteiger partial charge in [0, 0.05) is 5.38 Å². The van der Waals surface area contributed by atoms with Gasteiger partial charge in [0.1, 0.15) is 0 Å². The second-order valence-electron chi connectivity index (χ2n) is 4.28. The van der Waals surface area contributed by atoms with Crippen LogP contribution < -0.4 is 5.32 Å². The number of carboxylic acids is 1. The Morgan fingerprint density at radius 3 is 2.58 bits per heavy atom. The number of nitrogens with one attached hydrogen (secondary N) is 1. The number of carbonyl (C=O) groups excluding carboxylic acids is 1. The maximum absolute atomic E-state index is 12.0. The van der Waals surface area contributed by atoms with Crippen LogP contribution in [0.15, 0.2) is 29.0 Å². The Labute approximate surface area is 114 Å². The van der Waals surface area contributed by atoms with Crippen molar-refractivity contribution in [3.63, 3.8) is 0 Å². The third-order valence-corrected chi connectivity index (χ3v) is 3.42. The Balaban J connectivity index is 2.39. The van der Waals surface area contributed by atoms with Crippen LogP contribution in [0.2, 0.25) is 0 Å². The summed E-state index contributed by atoms with van der Waals surface area (Å²) in [4.78, 5) is 23.2. The molecular formula is C14H13NO3S. The molecule has 1 aromatic carbocycles. The van der Waals surface area contributed by atoms with E-state index in [-0.39, 0.29) is 11.5 Å². The zero-order valence-corrected chi connectivity index (χ0v) is 11.4. The largest absolute Gasteiger partial charge is 0.478 e. The van der Waals surface area contributed by atoms with E-state index in [1.807, 2.05) is 13.0 Å². The summed E-state index contributed by atoms with van der Waals surface area (Å²) in [5.41, 5.74) is 2.58. The summed E-state index contributed by atoms with van der Waals surface area (Å²) in [6.45, 7) is 3.60. The van der Waals surface area contributed by atoms with Gasteiger partial charge in [0.25, 0.3) is 5.91 Å². The van der Waals surface area contributed by atoms with Gasteiger partial charge in [-0.25, -0.2) is 4.79 Å². The van der Waals surface area contributed by atoms with Gasteiger partial charge >= 0.3 is 5.97 Å². The lowest BCUT2D eigenvalue weighted by molar-refractivity contribution is 0.0698. The Kier molecular flexibility index (Phi) is 3.66. The predicted molar refractivity (Wildman–Crippen MR) is 75.1 cm³/mol. The van der Waals surface area contributed by atoms with Gasteiger partial charge in [-0.2, -0.15) is 11.3 Å². The molecular weight excluding hydrogens is 262 g/mol. The summed E-state index contributed by atoms with van der Waals surface area (Å²) < 4.78 is 0. The maximum atomic E-state index is 12.0. The summed E-state index contributed by atoms with van der Waals surface area (Å²) in [7, 11) is 0. The normalized spacial score (nSPS) is 10.2. The van der Waals surface area contributed by atoms with Crippen molar-refractivity contribution in [2.24, 2.45) is 0 Å². The molecule has 2 rings (SSSR count). The van der Waals surface area contributed by atoms with Gasteiger partial charge in [-0.15, -0.1) is 0 Å². The van der Waals surface area contributed by atoms with E-state index in [0.29, 0.717) is 11.3 Å². The summed E-state index contributed by atoms with van der Waals surface area (Å²) >= 11 is 1.42. The Morgan fingerprint density at radius 2 is 2.00 bits per heavy atom. The van der Waals surface area contributed by atoms with Crippen molar-refractivity contribution in [1.82, 2.24) is 0 Å². The molecule has 98 valence electrons. The highest BCUT2D eigenvalue weighted by molar-refractivity contribution is 7.08.